The third-order valence-corrected chi connectivity index (χ3v) is 7.30. The number of fused-ring (bicyclic) bond motifs is 1. The Morgan fingerprint density at radius 3 is 2.19 bits per heavy atom. The molecule has 1 aromatic rings. The Morgan fingerprint density at radius 2 is 1.59 bits per heavy atom. The molecule has 1 amide bonds. The van der Waals surface area contributed by atoms with Gasteiger partial charge in [-0.05, 0) is 43.4 Å². The van der Waals surface area contributed by atoms with Gasteiger partial charge in [0.25, 0.3) is 0 Å². The summed E-state index contributed by atoms with van der Waals surface area (Å²) >= 11 is 0. The highest BCUT2D eigenvalue weighted by Gasteiger charge is 2.31. The van der Waals surface area contributed by atoms with Crippen LogP contribution in [0.15, 0.2) is 0 Å². The van der Waals surface area contributed by atoms with Crippen molar-refractivity contribution in [2.75, 3.05) is 34.8 Å². The Labute approximate surface area is 195 Å². The predicted molar refractivity (Wildman–Crippen MR) is 136 cm³/mol. The number of unbranched alkanes of at least 4 members (excludes halogenated alkanes) is 6. The highest BCUT2D eigenvalue weighted by Crippen LogP contribution is 2.44. The number of rotatable bonds is 12. The fourth-order valence-electron chi connectivity index (χ4n) is 4.60. The standard InChI is InChI=1S/C25H43N3O3S/c1-8-9-10-11-12-13-14-16-25(4,5)24(29)26-21-18(2)20-15-17-28(6)23(20)22(19(21)3)27-32(7,30)31/h27H,8-17H2,1-7H3,(H,26,29). The molecule has 0 saturated heterocycles. The molecular weight excluding hydrogens is 422 g/mol. The second-order valence-electron chi connectivity index (χ2n) is 10.1. The van der Waals surface area contributed by atoms with E-state index in [1.54, 1.807) is 0 Å². The summed E-state index contributed by atoms with van der Waals surface area (Å²) in [4.78, 5) is 15.3. The SMILES string of the molecule is CCCCCCCCCC(C)(C)C(=O)Nc1c(C)c2c(c(NS(C)(=O)=O)c1C)N(C)CC2. The Hall–Kier alpha value is -1.76. The van der Waals surface area contributed by atoms with Gasteiger partial charge in [0.05, 0.1) is 17.6 Å². The van der Waals surface area contributed by atoms with Crippen LogP contribution in [0.25, 0.3) is 0 Å². The second kappa shape index (κ2) is 10.9. The fraction of sp³-hybridized carbons (Fsp3) is 0.720. The van der Waals surface area contributed by atoms with Crippen LogP contribution in [0, 0.1) is 19.3 Å². The molecule has 32 heavy (non-hydrogen) atoms. The molecule has 1 aliphatic heterocycles. The van der Waals surface area contributed by atoms with Gasteiger partial charge < -0.3 is 10.2 Å². The van der Waals surface area contributed by atoms with Gasteiger partial charge in [-0.25, -0.2) is 8.42 Å². The van der Waals surface area contributed by atoms with E-state index < -0.39 is 15.4 Å². The smallest absolute Gasteiger partial charge is 0.230 e. The summed E-state index contributed by atoms with van der Waals surface area (Å²) in [5.74, 6) is -0.00806. The van der Waals surface area contributed by atoms with Crippen molar-refractivity contribution in [3.63, 3.8) is 0 Å². The lowest BCUT2D eigenvalue weighted by Crippen LogP contribution is -2.31. The number of anilines is 3. The largest absolute Gasteiger partial charge is 0.372 e. The maximum absolute atomic E-state index is 13.2. The minimum absolute atomic E-state index is 0.00806. The summed E-state index contributed by atoms with van der Waals surface area (Å²) in [6, 6.07) is 0. The van der Waals surface area contributed by atoms with Crippen LogP contribution in [0.4, 0.5) is 17.1 Å². The molecule has 1 aliphatic rings. The summed E-state index contributed by atoms with van der Waals surface area (Å²) in [5, 5.41) is 3.17. The quantitative estimate of drug-likeness (QED) is 0.384. The molecular formula is C25H43N3O3S. The van der Waals surface area contributed by atoms with Gasteiger partial charge in [-0.2, -0.15) is 0 Å². The first-order valence-electron chi connectivity index (χ1n) is 12.1. The van der Waals surface area contributed by atoms with Gasteiger partial charge in [-0.15, -0.1) is 0 Å². The third-order valence-electron chi connectivity index (χ3n) is 6.73. The zero-order valence-corrected chi connectivity index (χ0v) is 22.0. The number of carbonyl (C=O) groups is 1. The second-order valence-corrected chi connectivity index (χ2v) is 11.8. The lowest BCUT2D eigenvalue weighted by Gasteiger charge is -2.27. The first-order valence-corrected chi connectivity index (χ1v) is 13.9. The molecule has 182 valence electrons. The van der Waals surface area contributed by atoms with E-state index in [1.807, 2.05) is 34.7 Å². The molecule has 0 aliphatic carbocycles. The average molecular weight is 466 g/mol. The van der Waals surface area contributed by atoms with Crippen LogP contribution in [0.5, 0.6) is 0 Å². The van der Waals surface area contributed by atoms with Crippen LogP contribution in [0.2, 0.25) is 0 Å². The summed E-state index contributed by atoms with van der Waals surface area (Å²) in [6.45, 7) is 11.0. The van der Waals surface area contributed by atoms with Crippen LogP contribution >= 0.6 is 0 Å². The van der Waals surface area contributed by atoms with Gasteiger partial charge in [-0.1, -0.05) is 65.7 Å². The first-order chi connectivity index (χ1) is 14.9. The number of amides is 1. The van der Waals surface area contributed by atoms with E-state index in [0.29, 0.717) is 5.69 Å². The van der Waals surface area contributed by atoms with Crippen LogP contribution in [-0.2, 0) is 21.2 Å². The lowest BCUT2D eigenvalue weighted by atomic mass is 9.85. The van der Waals surface area contributed by atoms with E-state index in [2.05, 4.69) is 21.9 Å². The van der Waals surface area contributed by atoms with Gasteiger partial charge in [0.2, 0.25) is 15.9 Å². The van der Waals surface area contributed by atoms with E-state index in [-0.39, 0.29) is 5.91 Å². The van der Waals surface area contributed by atoms with Crippen molar-refractivity contribution in [1.29, 1.82) is 0 Å². The molecule has 0 radical (unpaired) electrons. The number of nitrogens with zero attached hydrogens (tertiary/aromatic N) is 1. The van der Waals surface area contributed by atoms with Gasteiger partial charge in [0, 0.05) is 24.7 Å². The molecule has 1 heterocycles. The highest BCUT2D eigenvalue weighted by molar-refractivity contribution is 7.92. The number of hydrogen-bond donors (Lipinski definition) is 2. The van der Waals surface area contributed by atoms with Gasteiger partial charge in [-0.3, -0.25) is 9.52 Å². The molecule has 6 nitrogen and oxygen atoms in total. The molecule has 0 bridgehead atoms. The molecule has 0 unspecified atom stereocenters. The number of hydrogen-bond acceptors (Lipinski definition) is 4. The number of likely N-dealkylation sites (N-methyl/N-ethyl adjacent to an activating group) is 1. The van der Waals surface area contributed by atoms with Gasteiger partial charge in [0.15, 0.2) is 0 Å². The number of nitrogens with one attached hydrogen (secondary N) is 2. The van der Waals surface area contributed by atoms with Crippen molar-refractivity contribution in [3.8, 4) is 0 Å². The van der Waals surface area contributed by atoms with Gasteiger partial charge >= 0.3 is 0 Å². The molecule has 7 heteroatoms. The molecule has 0 spiro atoms. The number of sulfonamides is 1. The van der Waals surface area contributed by atoms with Crippen molar-refractivity contribution >= 4 is 33.0 Å². The summed E-state index contributed by atoms with van der Waals surface area (Å²) in [5.41, 5.74) is 4.65. The van der Waals surface area contributed by atoms with Crippen molar-refractivity contribution in [2.24, 2.45) is 5.41 Å². The maximum Gasteiger partial charge on any atom is 0.230 e. The topological polar surface area (TPSA) is 78.5 Å². The van der Waals surface area contributed by atoms with E-state index >= 15 is 0 Å². The van der Waals surface area contributed by atoms with Crippen molar-refractivity contribution in [2.45, 2.75) is 92.4 Å². The molecule has 0 aromatic heterocycles. The number of carbonyl (C=O) groups excluding carboxylic acids is 1. The molecule has 0 atom stereocenters. The molecule has 1 aromatic carbocycles. The highest BCUT2D eigenvalue weighted by atomic mass is 32.2. The summed E-state index contributed by atoms with van der Waals surface area (Å²) in [7, 11) is -1.47. The zero-order valence-electron chi connectivity index (χ0n) is 21.2. The Morgan fingerprint density at radius 1 is 1.00 bits per heavy atom. The Balaban J connectivity index is 2.17. The molecule has 0 saturated carbocycles. The van der Waals surface area contributed by atoms with Crippen LogP contribution in [0.1, 0.15) is 88.8 Å². The summed E-state index contributed by atoms with van der Waals surface area (Å²) in [6.07, 6.45) is 11.4. The molecule has 0 fully saturated rings. The fourth-order valence-corrected chi connectivity index (χ4v) is 5.22. The third kappa shape index (κ3) is 6.63. The molecule has 2 rings (SSSR count). The first kappa shape index (κ1) is 26.5. The zero-order chi connectivity index (χ0) is 24.1. The Bertz CT molecular complexity index is 923. The van der Waals surface area contributed by atoms with E-state index in [1.165, 1.54) is 32.1 Å². The monoisotopic (exact) mass is 465 g/mol. The maximum atomic E-state index is 13.2. The van der Waals surface area contributed by atoms with E-state index in [0.717, 1.165) is 66.5 Å². The van der Waals surface area contributed by atoms with Crippen LogP contribution in [0.3, 0.4) is 0 Å². The lowest BCUT2D eigenvalue weighted by molar-refractivity contribution is -0.124. The van der Waals surface area contributed by atoms with E-state index in [4.69, 9.17) is 0 Å². The van der Waals surface area contributed by atoms with Crippen molar-refractivity contribution in [3.05, 3.63) is 16.7 Å². The van der Waals surface area contributed by atoms with Crippen molar-refractivity contribution < 1.29 is 13.2 Å². The van der Waals surface area contributed by atoms with Crippen LogP contribution < -0.4 is 14.9 Å². The summed E-state index contributed by atoms with van der Waals surface area (Å²) < 4.78 is 26.8. The normalized spacial score (nSPS) is 13.9. The predicted octanol–water partition coefficient (Wildman–Crippen LogP) is 5.77. The minimum atomic E-state index is -3.44. The Kier molecular flexibility index (Phi) is 9.03. The van der Waals surface area contributed by atoms with E-state index in [9.17, 15) is 13.2 Å². The van der Waals surface area contributed by atoms with Crippen LogP contribution in [-0.4, -0.2) is 34.2 Å². The van der Waals surface area contributed by atoms with Gasteiger partial charge in [0.1, 0.15) is 0 Å². The number of benzene rings is 1. The molecule has 2 N–H and O–H groups in total. The van der Waals surface area contributed by atoms with Crippen molar-refractivity contribution in [1.82, 2.24) is 0 Å². The minimum Gasteiger partial charge on any atom is -0.372 e. The average Bonchev–Trinajstić information content (AvgIpc) is 3.08.